The van der Waals surface area contributed by atoms with E-state index >= 15 is 0 Å². The summed E-state index contributed by atoms with van der Waals surface area (Å²) in [6.07, 6.45) is 1.61. The molecule has 1 aromatic heterocycles. The van der Waals surface area contributed by atoms with Gasteiger partial charge in [-0.05, 0) is 37.3 Å². The van der Waals surface area contributed by atoms with Gasteiger partial charge < -0.3 is 15.2 Å². The molecule has 0 radical (unpaired) electrons. The molecule has 0 spiro atoms. The molecule has 0 saturated carbocycles. The van der Waals surface area contributed by atoms with Crippen LogP contribution in [0.4, 0.5) is 5.69 Å². The van der Waals surface area contributed by atoms with Crippen LogP contribution in [0.2, 0.25) is 0 Å². The van der Waals surface area contributed by atoms with Crippen molar-refractivity contribution in [3.8, 4) is 22.8 Å². The molecule has 0 aliphatic carbocycles. The van der Waals surface area contributed by atoms with E-state index in [4.69, 9.17) is 4.74 Å². The van der Waals surface area contributed by atoms with E-state index in [1.807, 2.05) is 31.2 Å². The van der Waals surface area contributed by atoms with Gasteiger partial charge in [0.15, 0.2) is 6.61 Å². The predicted octanol–water partition coefficient (Wildman–Crippen LogP) is 3.11. The van der Waals surface area contributed by atoms with E-state index in [9.17, 15) is 9.90 Å². The molecule has 1 heterocycles. The average Bonchev–Trinajstić information content (AvgIpc) is 3.09. The number of nitrogens with one attached hydrogen (secondary N) is 2. The molecule has 3 aromatic rings. The third-order valence-electron chi connectivity index (χ3n) is 3.47. The first-order valence-electron chi connectivity index (χ1n) is 7.44. The topological polar surface area (TPSA) is 87.2 Å². The molecule has 1 amide bonds. The molecule has 0 aliphatic heterocycles. The number of aromatic hydroxyl groups is 1. The molecule has 122 valence electrons. The predicted molar refractivity (Wildman–Crippen MR) is 91.0 cm³/mol. The Morgan fingerprint density at radius 1 is 1.21 bits per heavy atom. The number of hydrogen-bond acceptors (Lipinski definition) is 4. The molecule has 3 N–H and O–H groups in total. The fourth-order valence-corrected chi connectivity index (χ4v) is 2.22. The summed E-state index contributed by atoms with van der Waals surface area (Å²) >= 11 is 0. The third kappa shape index (κ3) is 3.73. The van der Waals surface area contributed by atoms with Crippen LogP contribution in [0.15, 0.2) is 54.7 Å². The van der Waals surface area contributed by atoms with Gasteiger partial charge in [0.25, 0.3) is 5.91 Å². The van der Waals surface area contributed by atoms with Crippen molar-refractivity contribution in [1.82, 2.24) is 10.2 Å². The Morgan fingerprint density at radius 3 is 2.67 bits per heavy atom. The number of aromatic nitrogens is 2. The molecular weight excluding hydrogens is 306 g/mol. The first kappa shape index (κ1) is 15.6. The summed E-state index contributed by atoms with van der Waals surface area (Å²) in [5, 5.41) is 19.4. The lowest BCUT2D eigenvalue weighted by molar-refractivity contribution is -0.118. The smallest absolute Gasteiger partial charge is 0.262 e. The maximum absolute atomic E-state index is 11.9. The van der Waals surface area contributed by atoms with Crippen LogP contribution in [-0.4, -0.2) is 27.8 Å². The Kier molecular flexibility index (Phi) is 4.47. The number of phenols is 1. The lowest BCUT2D eigenvalue weighted by atomic mass is 10.1. The summed E-state index contributed by atoms with van der Waals surface area (Å²) in [4.78, 5) is 11.9. The quantitative estimate of drug-likeness (QED) is 0.673. The fourth-order valence-electron chi connectivity index (χ4n) is 2.22. The number of carbonyl (C=O) groups is 1. The number of anilines is 1. The van der Waals surface area contributed by atoms with Crippen LogP contribution >= 0.6 is 0 Å². The summed E-state index contributed by atoms with van der Waals surface area (Å²) in [5.74, 6) is 0.196. The number of nitrogens with zero attached hydrogens (tertiary/aromatic N) is 1. The van der Waals surface area contributed by atoms with Crippen LogP contribution in [0, 0.1) is 6.92 Å². The van der Waals surface area contributed by atoms with Gasteiger partial charge in [-0.25, -0.2) is 0 Å². The highest BCUT2D eigenvalue weighted by Gasteiger charge is 2.09. The summed E-state index contributed by atoms with van der Waals surface area (Å²) in [7, 11) is 0. The molecule has 0 fully saturated rings. The zero-order valence-corrected chi connectivity index (χ0v) is 13.1. The highest BCUT2D eigenvalue weighted by molar-refractivity contribution is 5.91. The van der Waals surface area contributed by atoms with Gasteiger partial charge in [-0.3, -0.25) is 9.89 Å². The first-order chi connectivity index (χ1) is 11.6. The lowest BCUT2D eigenvalue weighted by Gasteiger charge is -2.09. The van der Waals surface area contributed by atoms with Crippen molar-refractivity contribution in [2.24, 2.45) is 0 Å². The second-order valence-corrected chi connectivity index (χ2v) is 5.35. The van der Waals surface area contributed by atoms with Gasteiger partial charge in [0.1, 0.15) is 11.5 Å². The summed E-state index contributed by atoms with van der Waals surface area (Å²) in [6.45, 7) is 1.84. The SMILES string of the molecule is Cc1ccc(NC(=O)COc2ccc(-c3ccn[nH]3)c(O)c2)cc1. The van der Waals surface area contributed by atoms with Crippen molar-refractivity contribution in [3.05, 3.63) is 60.3 Å². The minimum absolute atomic E-state index is 0.0516. The van der Waals surface area contributed by atoms with E-state index in [-0.39, 0.29) is 18.3 Å². The van der Waals surface area contributed by atoms with Gasteiger partial charge in [0, 0.05) is 23.5 Å². The van der Waals surface area contributed by atoms with E-state index in [2.05, 4.69) is 15.5 Å². The van der Waals surface area contributed by atoms with Gasteiger partial charge in [-0.2, -0.15) is 5.10 Å². The zero-order chi connectivity index (χ0) is 16.9. The number of carbonyl (C=O) groups excluding carboxylic acids is 1. The van der Waals surface area contributed by atoms with Crippen molar-refractivity contribution < 1.29 is 14.6 Å². The number of hydrogen-bond donors (Lipinski definition) is 3. The Hall–Kier alpha value is -3.28. The molecule has 6 heteroatoms. The Labute approximate surface area is 139 Å². The largest absolute Gasteiger partial charge is 0.507 e. The molecule has 0 unspecified atom stereocenters. The first-order valence-corrected chi connectivity index (χ1v) is 7.44. The third-order valence-corrected chi connectivity index (χ3v) is 3.47. The Bertz CT molecular complexity index is 827. The van der Waals surface area contributed by atoms with Crippen molar-refractivity contribution in [2.75, 3.05) is 11.9 Å². The second-order valence-electron chi connectivity index (χ2n) is 5.35. The maximum Gasteiger partial charge on any atom is 0.262 e. The molecule has 2 aromatic carbocycles. The minimum Gasteiger partial charge on any atom is -0.507 e. The number of ether oxygens (including phenoxy) is 1. The van der Waals surface area contributed by atoms with Crippen molar-refractivity contribution >= 4 is 11.6 Å². The lowest BCUT2D eigenvalue weighted by Crippen LogP contribution is -2.20. The van der Waals surface area contributed by atoms with Crippen molar-refractivity contribution in [1.29, 1.82) is 0 Å². The average molecular weight is 323 g/mol. The van der Waals surface area contributed by atoms with Gasteiger partial charge in [0.2, 0.25) is 0 Å². The normalized spacial score (nSPS) is 10.4. The van der Waals surface area contributed by atoms with Crippen LogP contribution in [-0.2, 0) is 4.79 Å². The standard InChI is InChI=1S/C18H17N3O3/c1-12-2-4-13(5-3-12)20-18(23)11-24-14-6-7-15(17(22)10-14)16-8-9-19-21-16/h2-10,22H,11H2,1H3,(H,19,21)(H,20,23). The fraction of sp³-hybridized carbons (Fsp3) is 0.111. The molecule has 0 saturated heterocycles. The summed E-state index contributed by atoms with van der Waals surface area (Å²) in [6, 6.07) is 14.1. The number of rotatable bonds is 5. The number of aryl methyl sites for hydroxylation is 1. The zero-order valence-electron chi connectivity index (χ0n) is 13.1. The molecule has 0 aliphatic rings. The second kappa shape index (κ2) is 6.87. The summed E-state index contributed by atoms with van der Waals surface area (Å²) < 4.78 is 5.42. The molecule has 3 rings (SSSR count). The van der Waals surface area contributed by atoms with E-state index in [0.29, 0.717) is 22.7 Å². The molecule has 0 atom stereocenters. The number of benzene rings is 2. The van der Waals surface area contributed by atoms with Gasteiger partial charge in [0.05, 0.1) is 5.69 Å². The van der Waals surface area contributed by atoms with Crippen LogP contribution in [0.3, 0.4) is 0 Å². The van der Waals surface area contributed by atoms with Crippen LogP contribution in [0.25, 0.3) is 11.3 Å². The van der Waals surface area contributed by atoms with Crippen molar-refractivity contribution in [3.63, 3.8) is 0 Å². The summed E-state index contributed by atoms with van der Waals surface area (Å²) in [5.41, 5.74) is 3.16. The number of amides is 1. The molecule has 0 bridgehead atoms. The maximum atomic E-state index is 11.9. The van der Waals surface area contributed by atoms with E-state index < -0.39 is 0 Å². The van der Waals surface area contributed by atoms with Crippen LogP contribution < -0.4 is 10.1 Å². The number of aromatic amines is 1. The Morgan fingerprint density at radius 2 is 2.00 bits per heavy atom. The van der Waals surface area contributed by atoms with E-state index in [1.165, 1.54) is 6.07 Å². The van der Waals surface area contributed by atoms with E-state index in [1.54, 1.807) is 24.4 Å². The molecule has 24 heavy (non-hydrogen) atoms. The highest BCUT2D eigenvalue weighted by Crippen LogP contribution is 2.30. The monoisotopic (exact) mass is 323 g/mol. The number of H-pyrrole nitrogens is 1. The van der Waals surface area contributed by atoms with Gasteiger partial charge in [-0.15, -0.1) is 0 Å². The highest BCUT2D eigenvalue weighted by atomic mass is 16.5. The van der Waals surface area contributed by atoms with Crippen molar-refractivity contribution in [2.45, 2.75) is 6.92 Å². The molecule has 6 nitrogen and oxygen atoms in total. The van der Waals surface area contributed by atoms with Gasteiger partial charge in [-0.1, -0.05) is 17.7 Å². The molecular formula is C18H17N3O3. The number of phenolic OH excluding ortho intramolecular Hbond substituents is 1. The Balaban J connectivity index is 1.59. The van der Waals surface area contributed by atoms with Gasteiger partial charge >= 0.3 is 0 Å². The van der Waals surface area contributed by atoms with Crippen LogP contribution in [0.5, 0.6) is 11.5 Å². The van der Waals surface area contributed by atoms with Crippen LogP contribution in [0.1, 0.15) is 5.56 Å². The minimum atomic E-state index is -0.268. The van der Waals surface area contributed by atoms with E-state index in [0.717, 1.165) is 5.56 Å².